The molecule has 3 heterocycles. The van der Waals surface area contributed by atoms with Crippen LogP contribution in [0.25, 0.3) is 0 Å². The van der Waals surface area contributed by atoms with Gasteiger partial charge in [-0.25, -0.2) is 8.93 Å². The second-order valence-electron chi connectivity index (χ2n) is 9.71. The van der Waals surface area contributed by atoms with Gasteiger partial charge in [-0.3, -0.25) is 0 Å². The van der Waals surface area contributed by atoms with Crippen LogP contribution in [-0.2, 0) is 15.7 Å². The molecule has 1 saturated heterocycles. The minimum absolute atomic E-state index is 0.0804. The van der Waals surface area contributed by atoms with E-state index in [2.05, 4.69) is 38.6 Å². The zero-order chi connectivity index (χ0) is 26.6. The standard InChI is InChI=1S/C27H35N7O3S/c1-17(2)33-38(35)23-8-6-5-7-21(23)29-26-24-18(3)16-28-25(24)31-27(32-26)30-20-10-9-19(15-22(20)36-4)34-11-13-37-14-12-34/h5-10,15,17-18,33H,11-14,16H2,1-4H3,(H3,28,29,30,31,32). The predicted octanol–water partition coefficient (Wildman–Crippen LogP) is 4.36. The van der Waals surface area contributed by atoms with Gasteiger partial charge in [0.1, 0.15) is 28.4 Å². The van der Waals surface area contributed by atoms with Crippen molar-refractivity contribution in [3.05, 3.63) is 48.0 Å². The molecule has 4 N–H and O–H groups in total. The van der Waals surface area contributed by atoms with Gasteiger partial charge in [-0.2, -0.15) is 9.97 Å². The van der Waals surface area contributed by atoms with E-state index in [9.17, 15) is 4.21 Å². The minimum atomic E-state index is -1.37. The predicted molar refractivity (Wildman–Crippen MR) is 153 cm³/mol. The Labute approximate surface area is 226 Å². The first-order valence-electron chi connectivity index (χ1n) is 12.9. The number of anilines is 6. The number of rotatable bonds is 9. The molecule has 2 aromatic carbocycles. The Morgan fingerprint density at radius 2 is 1.89 bits per heavy atom. The summed E-state index contributed by atoms with van der Waals surface area (Å²) in [5.41, 5.74) is 3.59. The molecule has 0 radical (unpaired) electrons. The molecule has 2 aliphatic rings. The summed E-state index contributed by atoms with van der Waals surface area (Å²) in [4.78, 5) is 12.6. The third-order valence-corrected chi connectivity index (χ3v) is 7.95. The van der Waals surface area contributed by atoms with Crippen LogP contribution in [0.2, 0.25) is 0 Å². The van der Waals surface area contributed by atoms with Gasteiger partial charge in [0.25, 0.3) is 0 Å². The lowest BCUT2D eigenvalue weighted by atomic mass is 10.1. The molecule has 1 aromatic heterocycles. The number of hydrogen-bond acceptors (Lipinski definition) is 9. The summed E-state index contributed by atoms with van der Waals surface area (Å²) < 4.78 is 27.2. The average molecular weight is 538 g/mol. The Morgan fingerprint density at radius 3 is 2.66 bits per heavy atom. The van der Waals surface area contributed by atoms with Gasteiger partial charge >= 0.3 is 0 Å². The fraction of sp³-hybridized carbons (Fsp3) is 0.407. The number of aromatic nitrogens is 2. The lowest BCUT2D eigenvalue weighted by Crippen LogP contribution is -2.36. The summed E-state index contributed by atoms with van der Waals surface area (Å²) >= 11 is 0. The topological polar surface area (TPSA) is 113 Å². The number of nitrogens with one attached hydrogen (secondary N) is 4. The van der Waals surface area contributed by atoms with E-state index in [1.54, 1.807) is 7.11 Å². The van der Waals surface area contributed by atoms with Crippen molar-refractivity contribution >= 4 is 45.6 Å². The molecule has 2 atom stereocenters. The summed E-state index contributed by atoms with van der Waals surface area (Å²) in [5, 5.41) is 10.2. The molecule has 0 saturated carbocycles. The van der Waals surface area contributed by atoms with Gasteiger partial charge in [0.15, 0.2) is 0 Å². The van der Waals surface area contributed by atoms with E-state index in [0.29, 0.717) is 22.4 Å². The normalized spacial score (nSPS) is 17.6. The highest BCUT2D eigenvalue weighted by Gasteiger charge is 2.27. The van der Waals surface area contributed by atoms with Crippen LogP contribution in [0.5, 0.6) is 5.75 Å². The number of fused-ring (bicyclic) bond motifs is 1. The van der Waals surface area contributed by atoms with Gasteiger partial charge in [0.05, 0.1) is 36.6 Å². The number of nitrogens with zero attached hydrogens (tertiary/aromatic N) is 3. The molecule has 11 heteroatoms. The molecule has 2 aliphatic heterocycles. The van der Waals surface area contributed by atoms with Gasteiger partial charge < -0.3 is 30.3 Å². The smallest absolute Gasteiger partial charge is 0.231 e. The molecule has 0 bridgehead atoms. The molecule has 2 unspecified atom stereocenters. The highest BCUT2D eigenvalue weighted by atomic mass is 32.2. The van der Waals surface area contributed by atoms with Crippen LogP contribution >= 0.6 is 0 Å². The van der Waals surface area contributed by atoms with Crippen molar-refractivity contribution in [2.75, 3.05) is 60.8 Å². The average Bonchev–Trinajstić information content (AvgIpc) is 3.30. The van der Waals surface area contributed by atoms with Crippen molar-refractivity contribution in [2.24, 2.45) is 0 Å². The fourth-order valence-corrected chi connectivity index (χ4v) is 5.71. The molecular weight excluding hydrogens is 502 g/mol. The number of para-hydroxylation sites is 1. The highest BCUT2D eigenvalue weighted by Crippen LogP contribution is 2.39. The van der Waals surface area contributed by atoms with Gasteiger partial charge in [-0.1, -0.05) is 19.1 Å². The van der Waals surface area contributed by atoms with Crippen LogP contribution in [0.15, 0.2) is 47.4 Å². The first kappa shape index (κ1) is 26.2. The van der Waals surface area contributed by atoms with Crippen molar-refractivity contribution in [2.45, 2.75) is 37.6 Å². The van der Waals surface area contributed by atoms with Crippen molar-refractivity contribution in [1.29, 1.82) is 0 Å². The van der Waals surface area contributed by atoms with Crippen molar-refractivity contribution in [3.8, 4) is 5.75 Å². The Balaban J connectivity index is 1.45. The van der Waals surface area contributed by atoms with Crippen molar-refractivity contribution < 1.29 is 13.7 Å². The molecular formula is C27H35N7O3S. The van der Waals surface area contributed by atoms with Gasteiger partial charge in [0.2, 0.25) is 5.95 Å². The summed E-state index contributed by atoms with van der Waals surface area (Å²) in [7, 11) is 0.291. The fourth-order valence-electron chi connectivity index (χ4n) is 4.63. The maximum absolute atomic E-state index is 13.0. The van der Waals surface area contributed by atoms with E-state index < -0.39 is 11.0 Å². The second-order valence-corrected chi connectivity index (χ2v) is 10.9. The van der Waals surface area contributed by atoms with E-state index in [1.165, 1.54) is 0 Å². The van der Waals surface area contributed by atoms with Gasteiger partial charge in [-0.15, -0.1) is 0 Å². The summed E-state index contributed by atoms with van der Waals surface area (Å²) in [6.07, 6.45) is 0. The molecule has 3 aromatic rings. The molecule has 0 spiro atoms. The molecule has 10 nitrogen and oxygen atoms in total. The number of hydrogen-bond donors (Lipinski definition) is 4. The number of ether oxygens (including phenoxy) is 2. The van der Waals surface area contributed by atoms with E-state index in [4.69, 9.17) is 19.4 Å². The Morgan fingerprint density at radius 1 is 1.11 bits per heavy atom. The number of morpholine rings is 1. The first-order valence-corrected chi connectivity index (χ1v) is 14.1. The Hall–Kier alpha value is -3.41. The van der Waals surface area contributed by atoms with Crippen LogP contribution in [0.4, 0.5) is 34.6 Å². The number of methoxy groups -OCH3 is 1. The van der Waals surface area contributed by atoms with Gasteiger partial charge in [0, 0.05) is 48.9 Å². The molecule has 202 valence electrons. The van der Waals surface area contributed by atoms with Crippen LogP contribution < -0.4 is 30.3 Å². The summed E-state index contributed by atoms with van der Waals surface area (Å²) in [6.45, 7) is 9.98. The van der Waals surface area contributed by atoms with E-state index in [0.717, 1.165) is 61.3 Å². The lowest BCUT2D eigenvalue weighted by Gasteiger charge is -2.29. The quantitative estimate of drug-likeness (QED) is 0.316. The van der Waals surface area contributed by atoms with Gasteiger partial charge in [-0.05, 0) is 38.1 Å². The molecule has 5 rings (SSSR count). The molecule has 1 fully saturated rings. The monoisotopic (exact) mass is 537 g/mol. The Bertz CT molecular complexity index is 1310. The van der Waals surface area contributed by atoms with Crippen LogP contribution in [0, 0.1) is 0 Å². The summed E-state index contributed by atoms with van der Waals surface area (Å²) in [6, 6.07) is 13.7. The van der Waals surface area contributed by atoms with E-state index >= 15 is 0 Å². The molecule has 0 amide bonds. The number of benzene rings is 2. The van der Waals surface area contributed by atoms with Crippen LogP contribution in [-0.4, -0.2) is 60.2 Å². The minimum Gasteiger partial charge on any atom is -0.494 e. The SMILES string of the molecule is COc1cc(N2CCOCC2)ccc1Nc1nc2c(c(Nc3ccccc3S(=O)NC(C)C)n1)C(C)CN2. The molecule has 0 aliphatic carbocycles. The third-order valence-electron chi connectivity index (χ3n) is 6.50. The summed E-state index contributed by atoms with van der Waals surface area (Å²) in [5.74, 6) is 2.81. The lowest BCUT2D eigenvalue weighted by molar-refractivity contribution is 0.122. The van der Waals surface area contributed by atoms with Crippen LogP contribution in [0.3, 0.4) is 0 Å². The van der Waals surface area contributed by atoms with E-state index in [1.807, 2.05) is 50.2 Å². The van der Waals surface area contributed by atoms with Crippen LogP contribution in [0.1, 0.15) is 32.3 Å². The molecule has 38 heavy (non-hydrogen) atoms. The van der Waals surface area contributed by atoms with Crippen molar-refractivity contribution in [3.63, 3.8) is 0 Å². The van der Waals surface area contributed by atoms with Crippen molar-refractivity contribution in [1.82, 2.24) is 14.7 Å². The maximum atomic E-state index is 13.0. The first-order chi connectivity index (χ1) is 18.4. The highest BCUT2D eigenvalue weighted by molar-refractivity contribution is 7.83. The second kappa shape index (κ2) is 11.5. The zero-order valence-electron chi connectivity index (χ0n) is 22.2. The third kappa shape index (κ3) is 5.69. The van der Waals surface area contributed by atoms with E-state index in [-0.39, 0.29) is 12.0 Å². The zero-order valence-corrected chi connectivity index (χ0v) is 23.0. The largest absolute Gasteiger partial charge is 0.494 e. The Kier molecular flexibility index (Phi) is 7.96. The maximum Gasteiger partial charge on any atom is 0.231 e.